The summed E-state index contributed by atoms with van der Waals surface area (Å²) in [5.74, 6) is 0.963. The summed E-state index contributed by atoms with van der Waals surface area (Å²) in [6.07, 6.45) is 0.194. The van der Waals surface area contributed by atoms with E-state index in [4.69, 9.17) is 10.5 Å². The van der Waals surface area contributed by atoms with Crippen molar-refractivity contribution in [2.24, 2.45) is 5.73 Å². The lowest BCUT2D eigenvalue weighted by atomic mass is 10.1. The van der Waals surface area contributed by atoms with Crippen LogP contribution in [0.15, 0.2) is 24.3 Å². The van der Waals surface area contributed by atoms with Crippen molar-refractivity contribution in [3.05, 3.63) is 24.3 Å². The average molecular weight is 249 g/mol. The highest BCUT2D eigenvalue weighted by Gasteiger charge is 2.20. The summed E-state index contributed by atoms with van der Waals surface area (Å²) >= 11 is 0. The van der Waals surface area contributed by atoms with E-state index in [1.54, 1.807) is 0 Å². The molecular formula is C14H23N3O. The zero-order valence-corrected chi connectivity index (χ0v) is 11.2. The number of anilines is 1. The molecule has 0 amide bonds. The molecule has 1 aromatic carbocycles. The summed E-state index contributed by atoms with van der Waals surface area (Å²) in [5, 5.41) is 3.42. The van der Waals surface area contributed by atoms with E-state index in [2.05, 4.69) is 36.2 Å². The average Bonchev–Trinajstić information content (AvgIpc) is 2.39. The summed E-state index contributed by atoms with van der Waals surface area (Å²) in [5.41, 5.74) is 6.91. The smallest absolute Gasteiger partial charge is 0.142 e. The largest absolute Gasteiger partial charge is 0.489 e. The molecule has 4 heteroatoms. The Hall–Kier alpha value is -1.26. The van der Waals surface area contributed by atoms with Gasteiger partial charge < -0.3 is 20.7 Å². The lowest BCUT2D eigenvalue weighted by Crippen LogP contribution is -2.53. The maximum atomic E-state index is 5.87. The van der Waals surface area contributed by atoms with Crippen LogP contribution in [0.1, 0.15) is 13.8 Å². The van der Waals surface area contributed by atoms with Gasteiger partial charge in [-0.3, -0.25) is 0 Å². The Morgan fingerprint density at radius 1 is 1.44 bits per heavy atom. The van der Waals surface area contributed by atoms with E-state index in [9.17, 15) is 0 Å². The van der Waals surface area contributed by atoms with Gasteiger partial charge in [-0.15, -0.1) is 0 Å². The van der Waals surface area contributed by atoms with Gasteiger partial charge in [0, 0.05) is 32.2 Å². The molecule has 18 heavy (non-hydrogen) atoms. The van der Waals surface area contributed by atoms with Gasteiger partial charge in [0.1, 0.15) is 5.75 Å². The first-order valence-electron chi connectivity index (χ1n) is 6.64. The van der Waals surface area contributed by atoms with Crippen LogP contribution in [-0.2, 0) is 0 Å². The highest BCUT2D eigenvalue weighted by atomic mass is 16.5. The fourth-order valence-electron chi connectivity index (χ4n) is 2.27. The molecule has 0 spiro atoms. The van der Waals surface area contributed by atoms with Gasteiger partial charge in [0.15, 0.2) is 0 Å². The Morgan fingerprint density at radius 3 is 2.94 bits per heavy atom. The van der Waals surface area contributed by atoms with Crippen molar-refractivity contribution >= 4 is 5.69 Å². The molecule has 3 N–H and O–H groups in total. The summed E-state index contributed by atoms with van der Waals surface area (Å²) in [4.78, 5) is 2.35. The number of nitrogens with one attached hydrogen (secondary N) is 1. The Bertz CT molecular complexity index is 381. The first-order valence-corrected chi connectivity index (χ1v) is 6.64. The molecule has 4 nitrogen and oxygen atoms in total. The van der Waals surface area contributed by atoms with Crippen LogP contribution in [-0.4, -0.2) is 38.3 Å². The minimum atomic E-state index is 0.194. The van der Waals surface area contributed by atoms with Crippen molar-refractivity contribution < 1.29 is 4.74 Å². The molecule has 1 saturated heterocycles. The topological polar surface area (TPSA) is 50.5 Å². The van der Waals surface area contributed by atoms with Crippen molar-refractivity contribution in [1.29, 1.82) is 0 Å². The molecule has 0 aromatic heterocycles. The van der Waals surface area contributed by atoms with Gasteiger partial charge >= 0.3 is 0 Å². The first kappa shape index (κ1) is 13.2. The second-order valence-electron chi connectivity index (χ2n) is 4.97. The number of hydrogen-bond donors (Lipinski definition) is 2. The van der Waals surface area contributed by atoms with Crippen molar-refractivity contribution in [3.8, 4) is 5.75 Å². The number of hydrogen-bond acceptors (Lipinski definition) is 4. The number of para-hydroxylation sites is 2. The van der Waals surface area contributed by atoms with E-state index in [-0.39, 0.29) is 6.10 Å². The van der Waals surface area contributed by atoms with Gasteiger partial charge in [-0.25, -0.2) is 0 Å². The Morgan fingerprint density at radius 2 is 2.22 bits per heavy atom. The number of nitrogens with zero attached hydrogens (tertiary/aromatic N) is 1. The molecule has 1 atom stereocenters. The SMILES string of the molecule is CC(C)Oc1ccccc1N1CCNC(CN)C1. The minimum absolute atomic E-state index is 0.194. The predicted molar refractivity (Wildman–Crippen MR) is 75.3 cm³/mol. The second kappa shape index (κ2) is 6.07. The van der Waals surface area contributed by atoms with Crippen LogP contribution in [0.3, 0.4) is 0 Å². The van der Waals surface area contributed by atoms with Gasteiger partial charge in [-0.2, -0.15) is 0 Å². The summed E-state index contributed by atoms with van der Waals surface area (Å²) in [7, 11) is 0. The Kier molecular flexibility index (Phi) is 4.44. The zero-order valence-electron chi connectivity index (χ0n) is 11.2. The van der Waals surface area contributed by atoms with Gasteiger partial charge in [0.2, 0.25) is 0 Å². The summed E-state index contributed by atoms with van der Waals surface area (Å²) < 4.78 is 5.87. The number of rotatable bonds is 4. The van der Waals surface area contributed by atoms with Crippen LogP contribution in [0.5, 0.6) is 5.75 Å². The lowest BCUT2D eigenvalue weighted by Gasteiger charge is -2.35. The van der Waals surface area contributed by atoms with Crippen LogP contribution in [0.2, 0.25) is 0 Å². The highest BCUT2D eigenvalue weighted by molar-refractivity contribution is 5.59. The monoisotopic (exact) mass is 249 g/mol. The number of benzene rings is 1. The van der Waals surface area contributed by atoms with E-state index in [0.717, 1.165) is 25.4 Å². The maximum Gasteiger partial charge on any atom is 0.142 e. The van der Waals surface area contributed by atoms with Crippen LogP contribution >= 0.6 is 0 Å². The molecule has 1 fully saturated rings. The molecule has 0 radical (unpaired) electrons. The minimum Gasteiger partial charge on any atom is -0.489 e. The molecule has 1 unspecified atom stereocenters. The van der Waals surface area contributed by atoms with E-state index in [1.807, 2.05) is 12.1 Å². The lowest BCUT2D eigenvalue weighted by molar-refractivity contribution is 0.242. The van der Waals surface area contributed by atoms with Crippen molar-refractivity contribution in [1.82, 2.24) is 5.32 Å². The van der Waals surface area contributed by atoms with Crippen molar-refractivity contribution in [2.45, 2.75) is 26.0 Å². The van der Waals surface area contributed by atoms with E-state index in [1.165, 1.54) is 5.69 Å². The van der Waals surface area contributed by atoms with Crippen LogP contribution in [0.25, 0.3) is 0 Å². The zero-order chi connectivity index (χ0) is 13.0. The van der Waals surface area contributed by atoms with Gasteiger partial charge in [-0.1, -0.05) is 12.1 Å². The normalized spacial score (nSPS) is 20.2. The molecule has 0 saturated carbocycles. The molecule has 1 heterocycles. The Balaban J connectivity index is 2.16. The molecule has 1 aliphatic heterocycles. The molecule has 1 aromatic rings. The summed E-state index contributed by atoms with van der Waals surface area (Å²) in [6.45, 7) is 7.68. The third-order valence-electron chi connectivity index (χ3n) is 3.11. The molecular weight excluding hydrogens is 226 g/mol. The van der Waals surface area contributed by atoms with Gasteiger partial charge in [0.05, 0.1) is 11.8 Å². The van der Waals surface area contributed by atoms with Crippen LogP contribution in [0, 0.1) is 0 Å². The number of piperazine rings is 1. The van der Waals surface area contributed by atoms with E-state index >= 15 is 0 Å². The van der Waals surface area contributed by atoms with Crippen LogP contribution < -0.4 is 20.7 Å². The fraction of sp³-hybridized carbons (Fsp3) is 0.571. The summed E-state index contributed by atoms with van der Waals surface area (Å²) in [6, 6.07) is 8.60. The fourth-order valence-corrected chi connectivity index (χ4v) is 2.27. The number of nitrogens with two attached hydrogens (primary N) is 1. The van der Waals surface area contributed by atoms with Gasteiger partial charge in [0.25, 0.3) is 0 Å². The quantitative estimate of drug-likeness (QED) is 0.842. The van der Waals surface area contributed by atoms with Crippen molar-refractivity contribution in [3.63, 3.8) is 0 Å². The van der Waals surface area contributed by atoms with Gasteiger partial charge in [-0.05, 0) is 26.0 Å². The molecule has 0 aliphatic carbocycles. The molecule has 1 aliphatic rings. The first-order chi connectivity index (χ1) is 8.70. The maximum absolute atomic E-state index is 5.87. The number of ether oxygens (including phenoxy) is 1. The third kappa shape index (κ3) is 3.15. The standard InChI is InChI=1S/C14H23N3O/c1-11(2)18-14-6-4-3-5-13(14)17-8-7-16-12(9-15)10-17/h3-6,11-12,16H,7-10,15H2,1-2H3. The predicted octanol–water partition coefficient (Wildman–Crippen LogP) is 1.21. The highest BCUT2D eigenvalue weighted by Crippen LogP contribution is 2.29. The van der Waals surface area contributed by atoms with E-state index in [0.29, 0.717) is 12.6 Å². The third-order valence-corrected chi connectivity index (χ3v) is 3.11. The molecule has 100 valence electrons. The molecule has 2 rings (SSSR count). The van der Waals surface area contributed by atoms with Crippen LogP contribution in [0.4, 0.5) is 5.69 Å². The second-order valence-corrected chi connectivity index (χ2v) is 4.97. The van der Waals surface area contributed by atoms with Crippen molar-refractivity contribution in [2.75, 3.05) is 31.1 Å². The van der Waals surface area contributed by atoms with E-state index < -0.39 is 0 Å². The molecule has 0 bridgehead atoms. The Labute approximate surface area is 109 Å².